The van der Waals surface area contributed by atoms with Crippen LogP contribution in [0.4, 0.5) is 10.5 Å². The summed E-state index contributed by atoms with van der Waals surface area (Å²) in [6, 6.07) is 15.2. The first kappa shape index (κ1) is 21.6. The molecule has 8 heteroatoms. The Kier molecular flexibility index (Phi) is 6.28. The summed E-state index contributed by atoms with van der Waals surface area (Å²) >= 11 is 6.11. The SMILES string of the molecule is CCC(c1nc2cc(Cl)ccc2c(=O)[nH]1)N(Cc1ccco1)C(=O)Nc1ccccc1C. The van der Waals surface area contributed by atoms with Crippen LogP contribution in [0.3, 0.4) is 0 Å². The van der Waals surface area contributed by atoms with Gasteiger partial charge in [0.05, 0.1) is 29.8 Å². The molecule has 2 aromatic heterocycles. The van der Waals surface area contributed by atoms with Gasteiger partial charge in [-0.05, 0) is 55.3 Å². The minimum absolute atomic E-state index is 0.209. The van der Waals surface area contributed by atoms with Gasteiger partial charge >= 0.3 is 6.03 Å². The van der Waals surface area contributed by atoms with Gasteiger partial charge in [0.2, 0.25) is 0 Å². The van der Waals surface area contributed by atoms with E-state index in [0.29, 0.717) is 39.6 Å². The van der Waals surface area contributed by atoms with Crippen LogP contribution in [-0.2, 0) is 6.54 Å². The van der Waals surface area contributed by atoms with Crippen molar-refractivity contribution in [2.75, 3.05) is 5.32 Å². The highest BCUT2D eigenvalue weighted by Crippen LogP contribution is 2.26. The summed E-state index contributed by atoms with van der Waals surface area (Å²) in [5, 5.41) is 3.90. The van der Waals surface area contributed by atoms with E-state index in [1.807, 2.05) is 38.1 Å². The molecule has 2 amide bonds. The second-order valence-corrected chi connectivity index (χ2v) is 7.93. The van der Waals surface area contributed by atoms with Gasteiger partial charge in [0.1, 0.15) is 11.6 Å². The molecule has 0 fully saturated rings. The Morgan fingerprint density at radius 2 is 2.03 bits per heavy atom. The molecule has 0 bridgehead atoms. The molecule has 2 aromatic carbocycles. The second-order valence-electron chi connectivity index (χ2n) is 7.49. The van der Waals surface area contributed by atoms with E-state index in [1.165, 1.54) is 0 Å². The van der Waals surface area contributed by atoms with Gasteiger partial charge in [-0.15, -0.1) is 0 Å². The number of nitrogens with one attached hydrogen (secondary N) is 2. The zero-order valence-electron chi connectivity index (χ0n) is 17.8. The average Bonchev–Trinajstić information content (AvgIpc) is 3.28. The fourth-order valence-corrected chi connectivity index (χ4v) is 3.81. The fraction of sp³-hybridized carbons (Fsp3) is 0.208. The van der Waals surface area contributed by atoms with Crippen LogP contribution in [0.1, 0.15) is 36.5 Å². The quantitative estimate of drug-likeness (QED) is 0.396. The normalized spacial score (nSPS) is 12.0. The standard InChI is InChI=1S/C24H23ClN4O3/c1-3-21(22-26-20-13-16(25)10-11-18(20)23(30)28-22)29(14-17-8-6-12-32-17)24(31)27-19-9-5-4-7-15(19)2/h4-13,21H,3,14H2,1-2H3,(H,27,31)(H,26,28,30). The van der Waals surface area contributed by atoms with Crippen LogP contribution in [0.2, 0.25) is 5.02 Å². The Morgan fingerprint density at radius 1 is 1.22 bits per heavy atom. The Labute approximate surface area is 190 Å². The number of para-hydroxylation sites is 1. The van der Waals surface area contributed by atoms with Crippen LogP contribution in [0, 0.1) is 6.92 Å². The van der Waals surface area contributed by atoms with Crippen LogP contribution in [0.5, 0.6) is 0 Å². The third-order valence-corrected chi connectivity index (χ3v) is 5.55. The van der Waals surface area contributed by atoms with Gasteiger partial charge in [-0.25, -0.2) is 9.78 Å². The van der Waals surface area contributed by atoms with Crippen LogP contribution in [0.15, 0.2) is 70.1 Å². The molecular formula is C24H23ClN4O3. The number of hydrogen-bond donors (Lipinski definition) is 2. The van der Waals surface area contributed by atoms with Crippen molar-refractivity contribution >= 4 is 34.2 Å². The monoisotopic (exact) mass is 450 g/mol. The molecule has 1 unspecified atom stereocenters. The first-order valence-corrected chi connectivity index (χ1v) is 10.7. The van der Waals surface area contributed by atoms with E-state index in [0.717, 1.165) is 5.56 Å². The summed E-state index contributed by atoms with van der Waals surface area (Å²) in [6.45, 7) is 4.07. The molecule has 7 nitrogen and oxygen atoms in total. The Morgan fingerprint density at radius 3 is 2.75 bits per heavy atom. The maximum atomic E-state index is 13.4. The minimum Gasteiger partial charge on any atom is -0.467 e. The molecule has 0 aliphatic carbocycles. The molecule has 2 N–H and O–H groups in total. The second kappa shape index (κ2) is 9.28. The number of carbonyl (C=O) groups excluding carboxylic acids is 1. The molecule has 0 aliphatic heterocycles. The molecule has 0 spiro atoms. The molecule has 4 rings (SSSR count). The number of fused-ring (bicyclic) bond motifs is 1. The number of aryl methyl sites for hydroxylation is 1. The number of H-pyrrole nitrogens is 1. The third-order valence-electron chi connectivity index (χ3n) is 5.32. The van der Waals surface area contributed by atoms with Gasteiger partial charge in [-0.2, -0.15) is 0 Å². The van der Waals surface area contributed by atoms with Crippen molar-refractivity contribution in [1.82, 2.24) is 14.9 Å². The van der Waals surface area contributed by atoms with E-state index in [9.17, 15) is 9.59 Å². The van der Waals surface area contributed by atoms with Crippen LogP contribution >= 0.6 is 11.6 Å². The molecule has 164 valence electrons. The van der Waals surface area contributed by atoms with Crippen molar-refractivity contribution in [2.24, 2.45) is 0 Å². The smallest absolute Gasteiger partial charge is 0.322 e. The number of halogens is 1. The summed E-state index contributed by atoms with van der Waals surface area (Å²) in [4.78, 5) is 35.2. The van der Waals surface area contributed by atoms with Gasteiger partial charge < -0.3 is 19.6 Å². The zero-order valence-corrected chi connectivity index (χ0v) is 18.5. The van der Waals surface area contributed by atoms with Gasteiger partial charge in [0.15, 0.2) is 0 Å². The van der Waals surface area contributed by atoms with Crippen molar-refractivity contribution in [3.63, 3.8) is 0 Å². The lowest BCUT2D eigenvalue weighted by atomic mass is 10.1. The van der Waals surface area contributed by atoms with E-state index in [2.05, 4.69) is 15.3 Å². The predicted octanol–water partition coefficient (Wildman–Crippen LogP) is 5.66. The summed E-state index contributed by atoms with van der Waals surface area (Å²) in [7, 11) is 0. The zero-order chi connectivity index (χ0) is 22.7. The van der Waals surface area contributed by atoms with Gasteiger partial charge in [-0.3, -0.25) is 4.79 Å². The number of amides is 2. The lowest BCUT2D eigenvalue weighted by Crippen LogP contribution is -2.39. The van der Waals surface area contributed by atoms with E-state index in [1.54, 1.807) is 41.5 Å². The van der Waals surface area contributed by atoms with Crippen molar-refractivity contribution in [2.45, 2.75) is 32.9 Å². The number of furan rings is 1. The largest absolute Gasteiger partial charge is 0.467 e. The summed E-state index contributed by atoms with van der Waals surface area (Å²) < 4.78 is 5.50. The maximum absolute atomic E-state index is 13.4. The molecule has 0 aliphatic rings. The molecule has 0 radical (unpaired) electrons. The minimum atomic E-state index is -0.500. The highest BCUT2D eigenvalue weighted by Gasteiger charge is 2.28. The molecule has 2 heterocycles. The number of urea groups is 1. The van der Waals surface area contributed by atoms with Crippen molar-refractivity contribution in [1.29, 1.82) is 0 Å². The van der Waals surface area contributed by atoms with Gasteiger partial charge in [0.25, 0.3) is 5.56 Å². The highest BCUT2D eigenvalue weighted by molar-refractivity contribution is 6.31. The van der Waals surface area contributed by atoms with E-state index in [4.69, 9.17) is 16.0 Å². The molecule has 1 atom stereocenters. The van der Waals surface area contributed by atoms with Crippen molar-refractivity contribution < 1.29 is 9.21 Å². The molecule has 32 heavy (non-hydrogen) atoms. The summed E-state index contributed by atoms with van der Waals surface area (Å²) in [6.07, 6.45) is 2.09. The number of carbonyl (C=O) groups is 1. The van der Waals surface area contributed by atoms with Crippen LogP contribution in [0.25, 0.3) is 10.9 Å². The first-order chi connectivity index (χ1) is 15.5. The number of anilines is 1. The van der Waals surface area contributed by atoms with E-state index in [-0.39, 0.29) is 18.1 Å². The number of rotatable bonds is 6. The van der Waals surface area contributed by atoms with Crippen molar-refractivity contribution in [3.05, 3.63) is 93.4 Å². The molecule has 0 saturated heterocycles. The molecule has 4 aromatic rings. The lowest BCUT2D eigenvalue weighted by molar-refractivity contribution is 0.171. The van der Waals surface area contributed by atoms with Crippen LogP contribution < -0.4 is 10.9 Å². The van der Waals surface area contributed by atoms with Crippen molar-refractivity contribution in [3.8, 4) is 0 Å². The number of benzene rings is 2. The third kappa shape index (κ3) is 4.53. The van der Waals surface area contributed by atoms with Gasteiger partial charge in [-0.1, -0.05) is 36.7 Å². The van der Waals surface area contributed by atoms with Crippen LogP contribution in [-0.4, -0.2) is 20.9 Å². The Balaban J connectivity index is 1.74. The number of hydrogen-bond acceptors (Lipinski definition) is 4. The molecular weight excluding hydrogens is 428 g/mol. The Bertz CT molecular complexity index is 1300. The average molecular weight is 451 g/mol. The van der Waals surface area contributed by atoms with Gasteiger partial charge in [0, 0.05) is 10.7 Å². The highest BCUT2D eigenvalue weighted by atomic mass is 35.5. The van der Waals surface area contributed by atoms with E-state index >= 15 is 0 Å². The number of aromatic amines is 1. The number of aromatic nitrogens is 2. The summed E-state index contributed by atoms with van der Waals surface area (Å²) in [5.74, 6) is 1.01. The number of nitrogens with zero attached hydrogens (tertiary/aromatic N) is 2. The lowest BCUT2D eigenvalue weighted by Gasteiger charge is -2.30. The fourth-order valence-electron chi connectivity index (χ4n) is 3.64. The topological polar surface area (TPSA) is 91.2 Å². The predicted molar refractivity (Wildman–Crippen MR) is 125 cm³/mol. The summed E-state index contributed by atoms with van der Waals surface area (Å²) in [5.41, 5.74) is 1.85. The Hall–Kier alpha value is -3.58. The maximum Gasteiger partial charge on any atom is 0.322 e. The van der Waals surface area contributed by atoms with E-state index < -0.39 is 6.04 Å². The first-order valence-electron chi connectivity index (χ1n) is 10.3. The molecule has 0 saturated carbocycles.